The normalized spacial score (nSPS) is 10.6. The van der Waals surface area contributed by atoms with Gasteiger partial charge in [0.25, 0.3) is 5.91 Å². The van der Waals surface area contributed by atoms with Crippen LogP contribution in [0.2, 0.25) is 0 Å². The molecule has 1 N–H and O–H groups in total. The third-order valence-electron chi connectivity index (χ3n) is 3.28. The summed E-state index contributed by atoms with van der Waals surface area (Å²) >= 11 is 0. The summed E-state index contributed by atoms with van der Waals surface area (Å²) in [5.41, 5.74) is 4.54. The number of aromatic nitrogens is 3. The quantitative estimate of drug-likeness (QED) is 0.782. The Morgan fingerprint density at radius 2 is 1.62 bits per heavy atom. The maximum Gasteiger partial charge on any atom is 0.255 e. The summed E-state index contributed by atoms with van der Waals surface area (Å²) < 4.78 is 0. The molecule has 0 spiro atoms. The van der Waals surface area contributed by atoms with E-state index in [0.29, 0.717) is 11.3 Å². The van der Waals surface area contributed by atoms with Crippen molar-refractivity contribution >= 4 is 22.6 Å². The molecule has 0 radical (unpaired) electrons. The van der Waals surface area contributed by atoms with Gasteiger partial charge in [-0.2, -0.15) is 0 Å². The van der Waals surface area contributed by atoms with Gasteiger partial charge in [-0.3, -0.25) is 9.78 Å². The summed E-state index contributed by atoms with van der Waals surface area (Å²) in [5, 5.41) is 2.82. The van der Waals surface area contributed by atoms with Gasteiger partial charge in [-0.15, -0.1) is 0 Å². The van der Waals surface area contributed by atoms with Crippen LogP contribution >= 0.6 is 0 Å². The highest BCUT2D eigenvalue weighted by Gasteiger charge is 2.09. The largest absolute Gasteiger partial charge is 0.322 e. The monoisotopic (exact) mass is 278 g/mol. The maximum atomic E-state index is 12.2. The fourth-order valence-corrected chi connectivity index (χ4v) is 2.01. The lowest BCUT2D eigenvalue weighted by atomic mass is 10.1. The molecule has 5 heteroatoms. The molecule has 0 aliphatic carbocycles. The highest BCUT2D eigenvalue weighted by atomic mass is 16.1. The SMILES string of the molecule is Cc1nc2ccc(C(=O)Nc3ccncc3)cc2nc1C. The molecule has 0 bridgehead atoms. The lowest BCUT2D eigenvalue weighted by Crippen LogP contribution is -2.12. The Labute approximate surface area is 122 Å². The second-order valence-corrected chi connectivity index (χ2v) is 4.79. The number of anilines is 1. The minimum Gasteiger partial charge on any atom is -0.322 e. The molecule has 0 aliphatic rings. The first-order valence-corrected chi connectivity index (χ1v) is 6.60. The Morgan fingerprint density at radius 3 is 2.33 bits per heavy atom. The molecule has 0 unspecified atom stereocenters. The molecule has 0 saturated carbocycles. The van der Waals surface area contributed by atoms with Crippen LogP contribution in [0.15, 0.2) is 42.7 Å². The van der Waals surface area contributed by atoms with E-state index in [1.807, 2.05) is 19.9 Å². The zero-order chi connectivity index (χ0) is 14.8. The highest BCUT2D eigenvalue weighted by molar-refractivity contribution is 6.05. The van der Waals surface area contributed by atoms with E-state index in [2.05, 4.69) is 20.3 Å². The molecule has 104 valence electrons. The molecule has 5 nitrogen and oxygen atoms in total. The van der Waals surface area contributed by atoms with Crippen LogP contribution in [-0.2, 0) is 0 Å². The second kappa shape index (κ2) is 5.28. The fraction of sp³-hybridized carbons (Fsp3) is 0.125. The molecule has 2 aromatic heterocycles. The summed E-state index contributed by atoms with van der Waals surface area (Å²) in [7, 11) is 0. The van der Waals surface area contributed by atoms with Gasteiger partial charge in [0.1, 0.15) is 0 Å². The van der Waals surface area contributed by atoms with E-state index >= 15 is 0 Å². The van der Waals surface area contributed by atoms with Crippen molar-refractivity contribution in [2.24, 2.45) is 0 Å². The van der Waals surface area contributed by atoms with Crippen molar-refractivity contribution in [3.8, 4) is 0 Å². The number of rotatable bonds is 2. The van der Waals surface area contributed by atoms with Gasteiger partial charge in [0.05, 0.1) is 22.4 Å². The standard InChI is InChI=1S/C16H14N4O/c1-10-11(2)19-15-9-12(3-4-14(15)18-10)16(21)20-13-5-7-17-8-6-13/h3-9H,1-2H3,(H,17,20,21). The molecular formula is C16H14N4O. The number of hydrogen-bond donors (Lipinski definition) is 1. The van der Waals surface area contributed by atoms with E-state index in [-0.39, 0.29) is 5.91 Å². The number of nitrogens with one attached hydrogen (secondary N) is 1. The summed E-state index contributed by atoms with van der Waals surface area (Å²) in [5.74, 6) is -0.178. The first kappa shape index (κ1) is 13.2. The Kier molecular flexibility index (Phi) is 3.31. The number of pyridine rings is 1. The maximum absolute atomic E-state index is 12.2. The van der Waals surface area contributed by atoms with Crippen molar-refractivity contribution < 1.29 is 4.79 Å². The van der Waals surface area contributed by atoms with Crippen molar-refractivity contribution in [3.05, 3.63) is 59.7 Å². The van der Waals surface area contributed by atoms with Crippen LogP contribution < -0.4 is 5.32 Å². The van der Waals surface area contributed by atoms with Crippen molar-refractivity contribution in [1.82, 2.24) is 15.0 Å². The average molecular weight is 278 g/mol. The molecule has 1 amide bonds. The molecule has 3 rings (SSSR count). The Hall–Kier alpha value is -2.82. The van der Waals surface area contributed by atoms with Crippen molar-refractivity contribution in [3.63, 3.8) is 0 Å². The first-order valence-electron chi connectivity index (χ1n) is 6.60. The van der Waals surface area contributed by atoms with Crippen LogP contribution in [0.3, 0.4) is 0 Å². The summed E-state index contributed by atoms with van der Waals surface area (Å²) in [6.07, 6.45) is 3.27. The van der Waals surface area contributed by atoms with Crippen molar-refractivity contribution in [2.45, 2.75) is 13.8 Å². The number of aryl methyl sites for hydroxylation is 2. The summed E-state index contributed by atoms with van der Waals surface area (Å²) in [4.78, 5) is 25.1. The van der Waals surface area contributed by atoms with Gasteiger partial charge in [0.2, 0.25) is 0 Å². The molecule has 21 heavy (non-hydrogen) atoms. The zero-order valence-corrected chi connectivity index (χ0v) is 11.8. The first-order chi connectivity index (χ1) is 10.1. The Balaban J connectivity index is 1.93. The van der Waals surface area contributed by atoms with Crippen LogP contribution in [0.25, 0.3) is 11.0 Å². The molecule has 0 atom stereocenters. The molecule has 0 aliphatic heterocycles. The van der Waals surface area contributed by atoms with Crippen LogP contribution in [0.4, 0.5) is 5.69 Å². The smallest absolute Gasteiger partial charge is 0.255 e. The molecule has 0 saturated heterocycles. The number of fused-ring (bicyclic) bond motifs is 1. The molecule has 0 fully saturated rings. The lowest BCUT2D eigenvalue weighted by molar-refractivity contribution is 0.102. The van der Waals surface area contributed by atoms with E-state index in [1.165, 1.54) is 0 Å². The van der Waals surface area contributed by atoms with Gasteiger partial charge in [0.15, 0.2) is 0 Å². The fourth-order valence-electron chi connectivity index (χ4n) is 2.01. The van der Waals surface area contributed by atoms with Crippen molar-refractivity contribution in [1.29, 1.82) is 0 Å². The number of carbonyl (C=O) groups is 1. The predicted octanol–water partition coefficient (Wildman–Crippen LogP) is 2.89. The van der Waals surface area contributed by atoms with Crippen LogP contribution in [0, 0.1) is 13.8 Å². The Bertz CT molecular complexity index is 815. The minimum atomic E-state index is -0.178. The second-order valence-electron chi connectivity index (χ2n) is 4.79. The summed E-state index contributed by atoms with van der Waals surface area (Å²) in [6.45, 7) is 3.83. The van der Waals surface area contributed by atoms with E-state index < -0.39 is 0 Å². The highest BCUT2D eigenvalue weighted by Crippen LogP contribution is 2.15. The van der Waals surface area contributed by atoms with Crippen LogP contribution in [-0.4, -0.2) is 20.9 Å². The van der Waals surface area contributed by atoms with E-state index in [1.54, 1.807) is 36.7 Å². The molecule has 1 aromatic carbocycles. The van der Waals surface area contributed by atoms with Gasteiger partial charge in [0, 0.05) is 23.6 Å². The van der Waals surface area contributed by atoms with E-state index in [0.717, 1.165) is 22.4 Å². The van der Waals surface area contributed by atoms with Gasteiger partial charge in [-0.05, 0) is 44.2 Å². The number of nitrogens with zero attached hydrogens (tertiary/aromatic N) is 3. The molecule has 3 aromatic rings. The predicted molar refractivity (Wildman–Crippen MR) is 81.2 cm³/mol. The van der Waals surface area contributed by atoms with Crippen LogP contribution in [0.1, 0.15) is 21.7 Å². The average Bonchev–Trinajstić information content (AvgIpc) is 2.49. The van der Waals surface area contributed by atoms with Gasteiger partial charge in [-0.1, -0.05) is 0 Å². The number of carbonyl (C=O) groups excluding carboxylic acids is 1. The van der Waals surface area contributed by atoms with Gasteiger partial charge < -0.3 is 5.32 Å². The molecular weight excluding hydrogens is 264 g/mol. The van der Waals surface area contributed by atoms with Gasteiger partial charge >= 0.3 is 0 Å². The van der Waals surface area contributed by atoms with Crippen LogP contribution in [0.5, 0.6) is 0 Å². The Morgan fingerprint density at radius 1 is 0.952 bits per heavy atom. The molecule has 2 heterocycles. The van der Waals surface area contributed by atoms with Crippen molar-refractivity contribution in [2.75, 3.05) is 5.32 Å². The summed E-state index contributed by atoms with van der Waals surface area (Å²) in [6, 6.07) is 8.81. The third kappa shape index (κ3) is 2.72. The zero-order valence-electron chi connectivity index (χ0n) is 11.8. The number of amides is 1. The third-order valence-corrected chi connectivity index (χ3v) is 3.28. The van der Waals surface area contributed by atoms with E-state index in [4.69, 9.17) is 0 Å². The minimum absolute atomic E-state index is 0.178. The number of benzene rings is 1. The van der Waals surface area contributed by atoms with Gasteiger partial charge in [-0.25, -0.2) is 9.97 Å². The van der Waals surface area contributed by atoms with E-state index in [9.17, 15) is 4.79 Å². The topological polar surface area (TPSA) is 67.8 Å². The number of hydrogen-bond acceptors (Lipinski definition) is 4. The lowest BCUT2D eigenvalue weighted by Gasteiger charge is -2.06.